The van der Waals surface area contributed by atoms with Crippen LogP contribution in [0.4, 0.5) is 17.1 Å². The van der Waals surface area contributed by atoms with E-state index in [2.05, 4.69) is 36.3 Å². The van der Waals surface area contributed by atoms with Gasteiger partial charge in [-0.05, 0) is 81.4 Å². The number of nitrogens with one attached hydrogen (secondary N) is 2. The number of carbonyl (C=O) groups excluding carboxylic acids is 2. The fraction of sp³-hybridized carbons (Fsp3) is 0.217. The van der Waals surface area contributed by atoms with Gasteiger partial charge in [0.15, 0.2) is 5.76 Å². The SMILES string of the molecule is CCN(c1ccc(NC(=O)c2ccc(NC(=O)c3ccco3)cc2)cc1)C(C)C. The minimum Gasteiger partial charge on any atom is -0.459 e. The second-order valence-corrected chi connectivity index (χ2v) is 6.89. The normalized spacial score (nSPS) is 10.6. The summed E-state index contributed by atoms with van der Waals surface area (Å²) in [5.41, 5.74) is 2.94. The second kappa shape index (κ2) is 9.10. The molecule has 0 aliphatic heterocycles. The Morgan fingerprint density at radius 1 is 0.897 bits per heavy atom. The topological polar surface area (TPSA) is 74.6 Å². The summed E-state index contributed by atoms with van der Waals surface area (Å²) in [4.78, 5) is 26.8. The van der Waals surface area contributed by atoms with Crippen LogP contribution >= 0.6 is 0 Å². The van der Waals surface area contributed by atoms with Gasteiger partial charge in [-0.2, -0.15) is 0 Å². The van der Waals surface area contributed by atoms with E-state index in [9.17, 15) is 9.59 Å². The van der Waals surface area contributed by atoms with E-state index in [-0.39, 0.29) is 17.6 Å². The number of rotatable bonds is 7. The minimum atomic E-state index is -0.338. The van der Waals surface area contributed by atoms with Crippen molar-refractivity contribution in [3.05, 3.63) is 78.3 Å². The summed E-state index contributed by atoms with van der Waals surface area (Å²) < 4.78 is 5.06. The van der Waals surface area contributed by atoms with Crippen molar-refractivity contribution in [1.29, 1.82) is 0 Å². The number of hydrogen-bond donors (Lipinski definition) is 2. The van der Waals surface area contributed by atoms with Crippen LogP contribution in [0.1, 0.15) is 41.7 Å². The third-order valence-electron chi connectivity index (χ3n) is 4.57. The average Bonchev–Trinajstić information content (AvgIpc) is 3.25. The first-order valence-corrected chi connectivity index (χ1v) is 9.61. The molecule has 1 aromatic heterocycles. The van der Waals surface area contributed by atoms with Gasteiger partial charge in [0.25, 0.3) is 11.8 Å². The van der Waals surface area contributed by atoms with Crippen molar-refractivity contribution in [3.8, 4) is 0 Å². The van der Waals surface area contributed by atoms with E-state index in [1.165, 1.54) is 6.26 Å². The molecule has 0 atom stereocenters. The van der Waals surface area contributed by atoms with Crippen molar-refractivity contribution in [3.63, 3.8) is 0 Å². The van der Waals surface area contributed by atoms with Crippen molar-refractivity contribution >= 4 is 28.9 Å². The zero-order chi connectivity index (χ0) is 20.8. The van der Waals surface area contributed by atoms with E-state index in [1.807, 2.05) is 24.3 Å². The number of hydrogen-bond acceptors (Lipinski definition) is 4. The Morgan fingerprint density at radius 3 is 2.00 bits per heavy atom. The molecule has 0 radical (unpaired) electrons. The largest absolute Gasteiger partial charge is 0.459 e. The maximum absolute atomic E-state index is 12.5. The highest BCUT2D eigenvalue weighted by Crippen LogP contribution is 2.20. The van der Waals surface area contributed by atoms with E-state index < -0.39 is 0 Å². The van der Waals surface area contributed by atoms with Crippen molar-refractivity contribution < 1.29 is 14.0 Å². The molecule has 0 fully saturated rings. The van der Waals surface area contributed by atoms with Gasteiger partial charge >= 0.3 is 0 Å². The second-order valence-electron chi connectivity index (χ2n) is 6.89. The van der Waals surface area contributed by atoms with Crippen LogP contribution < -0.4 is 15.5 Å². The number of nitrogens with zero attached hydrogens (tertiary/aromatic N) is 1. The molecule has 2 amide bonds. The molecule has 0 spiro atoms. The van der Waals surface area contributed by atoms with Gasteiger partial charge in [0.1, 0.15) is 0 Å². The average molecular weight is 391 g/mol. The molecule has 2 aromatic carbocycles. The monoisotopic (exact) mass is 391 g/mol. The lowest BCUT2D eigenvalue weighted by Crippen LogP contribution is -2.30. The van der Waals surface area contributed by atoms with Crippen molar-refractivity contribution in [2.45, 2.75) is 26.8 Å². The zero-order valence-corrected chi connectivity index (χ0v) is 16.8. The molecule has 6 heteroatoms. The highest BCUT2D eigenvalue weighted by Gasteiger charge is 2.11. The predicted octanol–water partition coefficient (Wildman–Crippen LogP) is 5.02. The van der Waals surface area contributed by atoms with Crippen LogP contribution in [0.25, 0.3) is 0 Å². The van der Waals surface area contributed by atoms with Crippen LogP contribution in [0.15, 0.2) is 71.3 Å². The summed E-state index contributed by atoms with van der Waals surface area (Å²) in [6, 6.07) is 18.2. The Hall–Kier alpha value is -3.54. The fourth-order valence-corrected chi connectivity index (χ4v) is 3.09. The molecule has 0 unspecified atom stereocenters. The van der Waals surface area contributed by atoms with Gasteiger partial charge in [0.2, 0.25) is 0 Å². The van der Waals surface area contributed by atoms with Crippen LogP contribution in [0.5, 0.6) is 0 Å². The van der Waals surface area contributed by atoms with Crippen LogP contribution in [-0.2, 0) is 0 Å². The summed E-state index contributed by atoms with van der Waals surface area (Å²) in [7, 11) is 0. The van der Waals surface area contributed by atoms with Crippen LogP contribution in [0, 0.1) is 0 Å². The number of anilines is 3. The van der Waals surface area contributed by atoms with Crippen molar-refractivity contribution in [2.24, 2.45) is 0 Å². The maximum atomic E-state index is 12.5. The van der Waals surface area contributed by atoms with Crippen LogP contribution in [0.2, 0.25) is 0 Å². The van der Waals surface area contributed by atoms with Gasteiger partial charge in [-0.15, -0.1) is 0 Å². The highest BCUT2D eigenvalue weighted by molar-refractivity contribution is 6.05. The lowest BCUT2D eigenvalue weighted by Gasteiger charge is -2.27. The Labute approximate surface area is 170 Å². The maximum Gasteiger partial charge on any atom is 0.291 e. The molecule has 3 aromatic rings. The van der Waals surface area contributed by atoms with Crippen LogP contribution in [-0.4, -0.2) is 24.4 Å². The number of amides is 2. The molecule has 29 heavy (non-hydrogen) atoms. The standard InChI is InChI=1S/C23H25N3O3/c1-4-26(16(2)3)20-13-11-19(12-14-20)24-22(27)17-7-9-18(10-8-17)25-23(28)21-6-5-15-29-21/h5-16H,4H2,1-3H3,(H,24,27)(H,25,28). The van der Waals surface area contributed by atoms with E-state index in [0.717, 1.165) is 17.9 Å². The summed E-state index contributed by atoms with van der Waals surface area (Å²) in [5, 5.41) is 5.62. The van der Waals surface area contributed by atoms with E-state index in [0.29, 0.717) is 17.3 Å². The number of furan rings is 1. The van der Waals surface area contributed by atoms with Gasteiger partial charge < -0.3 is 20.0 Å². The number of benzene rings is 2. The van der Waals surface area contributed by atoms with E-state index in [4.69, 9.17) is 4.42 Å². The molecule has 0 bridgehead atoms. The van der Waals surface area contributed by atoms with Gasteiger partial charge in [0, 0.05) is 35.2 Å². The highest BCUT2D eigenvalue weighted by atomic mass is 16.3. The fourth-order valence-electron chi connectivity index (χ4n) is 3.09. The third kappa shape index (κ3) is 5.04. The molecule has 2 N–H and O–H groups in total. The molecule has 150 valence electrons. The molecule has 0 saturated heterocycles. The molecule has 0 aliphatic rings. The van der Waals surface area contributed by atoms with Crippen molar-refractivity contribution in [2.75, 3.05) is 22.1 Å². The first kappa shape index (κ1) is 20.2. The molecule has 3 rings (SSSR count). The Kier molecular flexibility index (Phi) is 6.34. The predicted molar refractivity (Wildman–Crippen MR) is 116 cm³/mol. The van der Waals surface area contributed by atoms with Gasteiger partial charge in [-0.1, -0.05) is 0 Å². The summed E-state index contributed by atoms with van der Waals surface area (Å²) in [6.07, 6.45) is 1.44. The zero-order valence-electron chi connectivity index (χ0n) is 16.8. The summed E-state index contributed by atoms with van der Waals surface area (Å²) in [6.45, 7) is 7.35. The molecule has 1 heterocycles. The Balaban J connectivity index is 1.61. The lowest BCUT2D eigenvalue weighted by molar-refractivity contribution is 0.0995. The smallest absolute Gasteiger partial charge is 0.291 e. The van der Waals surface area contributed by atoms with Crippen LogP contribution in [0.3, 0.4) is 0 Å². The molecular weight excluding hydrogens is 366 g/mol. The van der Waals surface area contributed by atoms with E-state index in [1.54, 1.807) is 36.4 Å². The Morgan fingerprint density at radius 2 is 1.48 bits per heavy atom. The number of carbonyl (C=O) groups is 2. The first-order chi connectivity index (χ1) is 14.0. The first-order valence-electron chi connectivity index (χ1n) is 9.61. The molecule has 6 nitrogen and oxygen atoms in total. The quantitative estimate of drug-likeness (QED) is 0.593. The molecule has 0 aliphatic carbocycles. The van der Waals surface area contributed by atoms with Gasteiger partial charge in [-0.25, -0.2) is 0 Å². The summed E-state index contributed by atoms with van der Waals surface area (Å²) >= 11 is 0. The molecular formula is C23H25N3O3. The van der Waals surface area contributed by atoms with E-state index >= 15 is 0 Å². The third-order valence-corrected chi connectivity index (χ3v) is 4.57. The minimum absolute atomic E-state index is 0.210. The van der Waals surface area contributed by atoms with Gasteiger partial charge in [0.05, 0.1) is 6.26 Å². The molecule has 0 saturated carbocycles. The Bertz CT molecular complexity index is 946. The van der Waals surface area contributed by atoms with Gasteiger partial charge in [-0.3, -0.25) is 9.59 Å². The lowest BCUT2D eigenvalue weighted by atomic mass is 10.1. The summed E-state index contributed by atoms with van der Waals surface area (Å²) in [5.74, 6) is -0.318. The van der Waals surface area contributed by atoms with Crippen molar-refractivity contribution in [1.82, 2.24) is 0 Å².